The first-order chi connectivity index (χ1) is 16.6. The largest absolute Gasteiger partial charge is 0.497 e. The van der Waals surface area contributed by atoms with Gasteiger partial charge in [0, 0.05) is 30.4 Å². The maximum atomic E-state index is 13.7. The number of methoxy groups -OCH3 is 1. The molecule has 2 N–H and O–H groups in total. The Bertz CT molecular complexity index is 1440. The molecule has 2 heterocycles. The number of benzene rings is 3. The van der Waals surface area contributed by atoms with Crippen molar-refractivity contribution in [1.29, 1.82) is 5.26 Å². The number of nitriles is 1. The second-order valence-electron chi connectivity index (χ2n) is 8.51. The molecule has 1 aliphatic heterocycles. The highest BCUT2D eigenvalue weighted by Gasteiger charge is 2.19. The van der Waals surface area contributed by atoms with Gasteiger partial charge in [-0.1, -0.05) is 0 Å². The van der Waals surface area contributed by atoms with Crippen molar-refractivity contribution >= 4 is 16.6 Å². The highest BCUT2D eigenvalue weighted by atomic mass is 16.5. The van der Waals surface area contributed by atoms with E-state index in [1.807, 2.05) is 54.6 Å². The molecule has 0 spiro atoms. The number of nitrogens with two attached hydrogens (primary N) is 1. The van der Waals surface area contributed by atoms with Crippen LogP contribution < -0.4 is 20.9 Å². The van der Waals surface area contributed by atoms with E-state index in [1.54, 1.807) is 23.8 Å². The van der Waals surface area contributed by atoms with Crippen molar-refractivity contribution in [2.45, 2.75) is 18.9 Å². The molecule has 0 unspecified atom stereocenters. The number of hydrogen-bond acceptors (Lipinski definition) is 6. The third-order valence-corrected chi connectivity index (χ3v) is 6.28. The lowest BCUT2D eigenvalue weighted by Gasteiger charge is -2.32. The van der Waals surface area contributed by atoms with Gasteiger partial charge in [0.1, 0.15) is 11.6 Å². The van der Waals surface area contributed by atoms with E-state index >= 15 is 0 Å². The zero-order chi connectivity index (χ0) is 23.7. The zero-order valence-corrected chi connectivity index (χ0v) is 18.9. The Morgan fingerprint density at radius 3 is 2.47 bits per heavy atom. The Morgan fingerprint density at radius 2 is 1.79 bits per heavy atom. The van der Waals surface area contributed by atoms with Crippen molar-refractivity contribution in [2.75, 3.05) is 25.1 Å². The maximum Gasteiger partial charge on any atom is 0.266 e. The molecule has 0 amide bonds. The Balaban J connectivity index is 1.71. The molecule has 4 aromatic rings. The number of ether oxygens (including phenoxy) is 1. The van der Waals surface area contributed by atoms with E-state index < -0.39 is 0 Å². The minimum Gasteiger partial charge on any atom is -0.497 e. The fraction of sp³-hybridized carbons (Fsp3) is 0.222. The highest BCUT2D eigenvalue weighted by Crippen LogP contribution is 2.27. The molecule has 5 rings (SSSR count). The SMILES string of the molecule is COc1ccc(-n2c(-c3ccc(C#N)cc3)nc3cc(N4CCC[C@H](N)C4)ccc3c2=O)cc1. The first-order valence-electron chi connectivity index (χ1n) is 11.3. The normalized spacial score (nSPS) is 15.8. The number of piperidine rings is 1. The Hall–Kier alpha value is -4.15. The maximum absolute atomic E-state index is 13.7. The van der Waals surface area contributed by atoms with Crippen molar-refractivity contribution in [1.82, 2.24) is 9.55 Å². The number of anilines is 1. The number of aromatic nitrogens is 2. The van der Waals surface area contributed by atoms with Gasteiger partial charge in [-0.25, -0.2) is 4.98 Å². The predicted molar refractivity (Wildman–Crippen MR) is 133 cm³/mol. The Labute approximate surface area is 197 Å². The molecule has 0 aliphatic carbocycles. The third-order valence-electron chi connectivity index (χ3n) is 6.28. The van der Waals surface area contributed by atoms with Crippen molar-refractivity contribution in [3.8, 4) is 28.9 Å². The van der Waals surface area contributed by atoms with E-state index in [1.165, 1.54) is 0 Å². The van der Waals surface area contributed by atoms with Crippen LogP contribution in [0.25, 0.3) is 28.0 Å². The monoisotopic (exact) mass is 451 g/mol. The van der Waals surface area contributed by atoms with Gasteiger partial charge in [-0.3, -0.25) is 9.36 Å². The minimum absolute atomic E-state index is 0.148. The van der Waals surface area contributed by atoms with Crippen molar-refractivity contribution in [2.24, 2.45) is 5.73 Å². The van der Waals surface area contributed by atoms with Crippen LogP contribution in [0.2, 0.25) is 0 Å². The summed E-state index contributed by atoms with van der Waals surface area (Å²) < 4.78 is 6.89. The molecule has 34 heavy (non-hydrogen) atoms. The molecule has 1 aliphatic rings. The highest BCUT2D eigenvalue weighted by molar-refractivity contribution is 5.84. The molecule has 1 atom stereocenters. The predicted octanol–water partition coefficient (Wildman–Crippen LogP) is 3.86. The summed E-state index contributed by atoms with van der Waals surface area (Å²) in [6.45, 7) is 1.72. The topological polar surface area (TPSA) is 97.2 Å². The van der Waals surface area contributed by atoms with Gasteiger partial charge in [0.2, 0.25) is 0 Å². The van der Waals surface area contributed by atoms with E-state index in [0.717, 1.165) is 37.2 Å². The van der Waals surface area contributed by atoms with Crippen molar-refractivity contribution < 1.29 is 4.74 Å². The van der Waals surface area contributed by atoms with Crippen LogP contribution in [0.5, 0.6) is 5.75 Å². The molecule has 7 nitrogen and oxygen atoms in total. The van der Waals surface area contributed by atoms with Gasteiger partial charge in [0.15, 0.2) is 0 Å². The standard InChI is InChI=1S/C27H25N5O2/c1-34-23-11-8-21(9-12-23)32-26(19-6-4-18(16-28)5-7-19)30-25-15-22(10-13-24(25)27(32)33)31-14-2-3-20(29)17-31/h4-13,15,20H,2-3,14,17,29H2,1H3/t20-/m0/s1. The van der Waals surface area contributed by atoms with Gasteiger partial charge in [-0.2, -0.15) is 5.26 Å². The lowest BCUT2D eigenvalue weighted by molar-refractivity contribution is 0.414. The summed E-state index contributed by atoms with van der Waals surface area (Å²) in [4.78, 5) is 20.9. The number of rotatable bonds is 4. The summed E-state index contributed by atoms with van der Waals surface area (Å²) >= 11 is 0. The zero-order valence-electron chi connectivity index (χ0n) is 18.9. The second kappa shape index (κ2) is 9.00. The molecule has 3 aromatic carbocycles. The van der Waals surface area contributed by atoms with Crippen molar-refractivity contribution in [3.05, 3.63) is 82.6 Å². The fourth-order valence-corrected chi connectivity index (χ4v) is 4.47. The summed E-state index contributed by atoms with van der Waals surface area (Å²) in [5.74, 6) is 1.22. The second-order valence-corrected chi connectivity index (χ2v) is 8.51. The number of nitrogens with zero attached hydrogens (tertiary/aromatic N) is 4. The average Bonchev–Trinajstić information content (AvgIpc) is 2.88. The number of fused-ring (bicyclic) bond motifs is 1. The molecule has 1 fully saturated rings. The third kappa shape index (κ3) is 4.00. The smallest absolute Gasteiger partial charge is 0.266 e. The fourth-order valence-electron chi connectivity index (χ4n) is 4.47. The molecule has 170 valence electrons. The van der Waals surface area contributed by atoms with Crippen molar-refractivity contribution in [3.63, 3.8) is 0 Å². The van der Waals surface area contributed by atoms with E-state index in [2.05, 4.69) is 11.0 Å². The van der Waals surface area contributed by atoms with Crippen LogP contribution in [0.4, 0.5) is 5.69 Å². The molecule has 1 saturated heterocycles. The van der Waals surface area contributed by atoms with Crippen LogP contribution in [0, 0.1) is 11.3 Å². The van der Waals surface area contributed by atoms with E-state index in [9.17, 15) is 10.1 Å². The molecule has 0 radical (unpaired) electrons. The molecule has 7 heteroatoms. The first kappa shape index (κ1) is 21.7. The summed E-state index contributed by atoms with van der Waals surface area (Å²) in [7, 11) is 1.60. The Kier molecular flexibility index (Phi) is 5.74. The summed E-state index contributed by atoms with van der Waals surface area (Å²) in [6.07, 6.45) is 2.07. The molecule has 0 saturated carbocycles. The lowest BCUT2D eigenvalue weighted by atomic mass is 10.1. The summed E-state index contributed by atoms with van der Waals surface area (Å²) in [5.41, 5.74) is 9.66. The van der Waals surface area contributed by atoms with E-state index in [0.29, 0.717) is 33.7 Å². The molecular formula is C27H25N5O2. The van der Waals surface area contributed by atoms with Crippen LogP contribution >= 0.6 is 0 Å². The number of hydrogen-bond donors (Lipinski definition) is 1. The van der Waals surface area contributed by atoms with Crippen LogP contribution in [-0.4, -0.2) is 35.8 Å². The van der Waals surface area contributed by atoms with Gasteiger partial charge < -0.3 is 15.4 Å². The Morgan fingerprint density at radius 1 is 1.06 bits per heavy atom. The van der Waals surface area contributed by atoms with Gasteiger partial charge in [-0.05, 0) is 79.6 Å². The average molecular weight is 452 g/mol. The van der Waals surface area contributed by atoms with Gasteiger partial charge in [0.05, 0.1) is 35.3 Å². The van der Waals surface area contributed by atoms with Gasteiger partial charge in [-0.15, -0.1) is 0 Å². The quantitative estimate of drug-likeness (QED) is 0.506. The van der Waals surface area contributed by atoms with E-state index in [-0.39, 0.29) is 11.6 Å². The van der Waals surface area contributed by atoms with Gasteiger partial charge >= 0.3 is 0 Å². The first-order valence-corrected chi connectivity index (χ1v) is 11.3. The van der Waals surface area contributed by atoms with Crippen LogP contribution in [0.3, 0.4) is 0 Å². The van der Waals surface area contributed by atoms with Gasteiger partial charge in [0.25, 0.3) is 5.56 Å². The molecule has 0 bridgehead atoms. The van der Waals surface area contributed by atoms with Crippen LogP contribution in [0.1, 0.15) is 18.4 Å². The summed E-state index contributed by atoms with van der Waals surface area (Å²) in [6, 6.07) is 22.5. The van der Waals surface area contributed by atoms with Crippen LogP contribution in [-0.2, 0) is 0 Å². The summed E-state index contributed by atoms with van der Waals surface area (Å²) in [5, 5.41) is 9.73. The molecule has 1 aromatic heterocycles. The lowest BCUT2D eigenvalue weighted by Crippen LogP contribution is -2.42. The molecular weight excluding hydrogens is 426 g/mol. The minimum atomic E-state index is -0.156. The van der Waals surface area contributed by atoms with E-state index in [4.69, 9.17) is 15.5 Å². The van der Waals surface area contributed by atoms with Crippen LogP contribution in [0.15, 0.2) is 71.5 Å².